The molecule has 0 aromatic carbocycles. The average Bonchev–Trinajstić information content (AvgIpc) is 2.96. The van der Waals surface area contributed by atoms with Crippen molar-refractivity contribution in [2.45, 2.75) is 51.6 Å². The molecule has 1 amide bonds. The van der Waals surface area contributed by atoms with Gasteiger partial charge in [0.2, 0.25) is 0 Å². The second-order valence-corrected chi connectivity index (χ2v) is 6.05. The monoisotopic (exact) mass is 315 g/mol. The lowest BCUT2D eigenvalue weighted by atomic mass is 10.1. The molecule has 0 fully saturated rings. The number of nitrogens with zero attached hydrogens (tertiary/aromatic N) is 2. The van der Waals surface area contributed by atoms with E-state index >= 15 is 0 Å². The van der Waals surface area contributed by atoms with E-state index in [0.29, 0.717) is 6.54 Å². The highest BCUT2D eigenvalue weighted by molar-refractivity contribution is 5.91. The van der Waals surface area contributed by atoms with Crippen LogP contribution in [0.25, 0.3) is 0 Å². The lowest BCUT2D eigenvalue weighted by molar-refractivity contribution is 0.0907. The van der Waals surface area contributed by atoms with Crippen LogP contribution in [-0.2, 0) is 19.4 Å². The molecule has 0 spiro atoms. The van der Waals surface area contributed by atoms with Crippen molar-refractivity contribution in [2.75, 3.05) is 0 Å². The SMILES string of the molecule is C[C@H](Cn1nc2c(cc1=O)CCCCC2)NC(=O)c1ccco1. The first-order valence-electron chi connectivity index (χ1n) is 8.08. The van der Waals surface area contributed by atoms with Gasteiger partial charge in [-0.3, -0.25) is 9.59 Å². The van der Waals surface area contributed by atoms with Gasteiger partial charge in [-0.25, -0.2) is 4.68 Å². The second-order valence-electron chi connectivity index (χ2n) is 6.05. The maximum atomic E-state index is 12.2. The minimum atomic E-state index is -0.287. The fourth-order valence-corrected chi connectivity index (χ4v) is 2.92. The van der Waals surface area contributed by atoms with Crippen molar-refractivity contribution in [3.63, 3.8) is 0 Å². The smallest absolute Gasteiger partial charge is 0.287 e. The first kappa shape index (κ1) is 15.5. The minimum Gasteiger partial charge on any atom is -0.459 e. The molecular weight excluding hydrogens is 294 g/mol. The Hall–Kier alpha value is -2.37. The van der Waals surface area contributed by atoms with E-state index in [1.54, 1.807) is 18.2 Å². The molecule has 1 aliphatic carbocycles. The van der Waals surface area contributed by atoms with Gasteiger partial charge in [-0.2, -0.15) is 5.10 Å². The van der Waals surface area contributed by atoms with Crippen LogP contribution in [0.3, 0.4) is 0 Å². The van der Waals surface area contributed by atoms with E-state index in [9.17, 15) is 9.59 Å². The summed E-state index contributed by atoms with van der Waals surface area (Å²) in [5.41, 5.74) is 1.99. The predicted octanol–water partition coefficient (Wildman–Crippen LogP) is 1.92. The van der Waals surface area contributed by atoms with Crippen LogP contribution >= 0.6 is 0 Å². The first-order valence-corrected chi connectivity index (χ1v) is 8.08. The molecule has 1 atom stereocenters. The Morgan fingerprint density at radius 3 is 3.00 bits per heavy atom. The summed E-state index contributed by atoms with van der Waals surface area (Å²) in [6.07, 6.45) is 6.72. The molecule has 0 radical (unpaired) electrons. The van der Waals surface area contributed by atoms with Crippen LogP contribution in [0.5, 0.6) is 0 Å². The summed E-state index contributed by atoms with van der Waals surface area (Å²) in [5, 5.41) is 7.33. The van der Waals surface area contributed by atoms with Gasteiger partial charge < -0.3 is 9.73 Å². The first-order chi connectivity index (χ1) is 11.1. The Bertz CT molecular complexity index is 734. The number of nitrogens with one attached hydrogen (secondary N) is 1. The van der Waals surface area contributed by atoms with E-state index in [0.717, 1.165) is 36.9 Å². The number of aryl methyl sites for hydroxylation is 2. The highest BCUT2D eigenvalue weighted by Gasteiger charge is 2.16. The van der Waals surface area contributed by atoms with Gasteiger partial charge in [-0.05, 0) is 50.3 Å². The van der Waals surface area contributed by atoms with Crippen LogP contribution in [0.2, 0.25) is 0 Å². The van der Waals surface area contributed by atoms with Crippen molar-refractivity contribution in [2.24, 2.45) is 0 Å². The molecule has 122 valence electrons. The number of rotatable bonds is 4. The zero-order valence-corrected chi connectivity index (χ0v) is 13.2. The third-order valence-corrected chi connectivity index (χ3v) is 4.09. The molecule has 23 heavy (non-hydrogen) atoms. The summed E-state index contributed by atoms with van der Waals surface area (Å²) in [7, 11) is 0. The summed E-state index contributed by atoms with van der Waals surface area (Å²) >= 11 is 0. The van der Waals surface area contributed by atoms with E-state index in [4.69, 9.17) is 4.42 Å². The number of carbonyl (C=O) groups excluding carboxylic acids is 1. The molecule has 6 heteroatoms. The third-order valence-electron chi connectivity index (χ3n) is 4.09. The molecule has 1 aliphatic rings. The molecular formula is C17H21N3O3. The van der Waals surface area contributed by atoms with Crippen LogP contribution in [0.15, 0.2) is 33.7 Å². The molecule has 2 aromatic heterocycles. The number of amides is 1. The largest absolute Gasteiger partial charge is 0.459 e. The molecule has 0 saturated carbocycles. The molecule has 1 N–H and O–H groups in total. The summed E-state index contributed by atoms with van der Waals surface area (Å²) in [4.78, 5) is 24.2. The van der Waals surface area contributed by atoms with E-state index in [-0.39, 0.29) is 23.3 Å². The fraction of sp³-hybridized carbons (Fsp3) is 0.471. The number of carbonyl (C=O) groups is 1. The van der Waals surface area contributed by atoms with Gasteiger partial charge in [0.15, 0.2) is 5.76 Å². The zero-order valence-electron chi connectivity index (χ0n) is 13.2. The van der Waals surface area contributed by atoms with E-state index < -0.39 is 0 Å². The van der Waals surface area contributed by atoms with Crippen LogP contribution in [0.1, 0.15) is 48.0 Å². The Labute approximate surface area is 134 Å². The van der Waals surface area contributed by atoms with Crippen molar-refractivity contribution in [1.82, 2.24) is 15.1 Å². The maximum absolute atomic E-state index is 12.2. The van der Waals surface area contributed by atoms with Crippen LogP contribution < -0.4 is 10.9 Å². The van der Waals surface area contributed by atoms with Crippen molar-refractivity contribution >= 4 is 5.91 Å². The van der Waals surface area contributed by atoms with Gasteiger partial charge in [0.25, 0.3) is 11.5 Å². The van der Waals surface area contributed by atoms with Gasteiger partial charge in [0.05, 0.1) is 18.5 Å². The Morgan fingerprint density at radius 2 is 2.22 bits per heavy atom. The average molecular weight is 315 g/mol. The minimum absolute atomic E-state index is 0.107. The predicted molar refractivity (Wildman–Crippen MR) is 85.4 cm³/mol. The van der Waals surface area contributed by atoms with E-state index in [2.05, 4.69) is 10.4 Å². The Kier molecular flexibility index (Phi) is 4.60. The molecule has 0 saturated heterocycles. The molecule has 3 rings (SSSR count). The lowest BCUT2D eigenvalue weighted by Gasteiger charge is -2.15. The summed E-state index contributed by atoms with van der Waals surface area (Å²) in [5.74, 6) is -0.0237. The van der Waals surface area contributed by atoms with Crippen molar-refractivity contribution in [1.29, 1.82) is 0 Å². The Morgan fingerprint density at radius 1 is 1.39 bits per heavy atom. The quantitative estimate of drug-likeness (QED) is 0.875. The van der Waals surface area contributed by atoms with Gasteiger partial charge in [0, 0.05) is 12.1 Å². The fourth-order valence-electron chi connectivity index (χ4n) is 2.92. The van der Waals surface area contributed by atoms with Crippen LogP contribution in [0.4, 0.5) is 0 Å². The van der Waals surface area contributed by atoms with Crippen LogP contribution in [-0.4, -0.2) is 21.7 Å². The van der Waals surface area contributed by atoms with Crippen LogP contribution in [0, 0.1) is 0 Å². The maximum Gasteiger partial charge on any atom is 0.287 e. The highest BCUT2D eigenvalue weighted by atomic mass is 16.3. The van der Waals surface area contributed by atoms with Crippen molar-refractivity contribution in [3.8, 4) is 0 Å². The van der Waals surface area contributed by atoms with Gasteiger partial charge in [-0.15, -0.1) is 0 Å². The summed E-state index contributed by atoms with van der Waals surface area (Å²) in [6.45, 7) is 2.19. The molecule has 0 aliphatic heterocycles. The summed E-state index contributed by atoms with van der Waals surface area (Å²) in [6, 6.07) is 4.75. The molecule has 2 heterocycles. The Balaban J connectivity index is 1.71. The number of aromatic nitrogens is 2. The zero-order chi connectivity index (χ0) is 16.2. The van der Waals surface area contributed by atoms with Gasteiger partial charge >= 0.3 is 0 Å². The molecule has 0 bridgehead atoms. The number of fused-ring (bicyclic) bond motifs is 1. The molecule has 6 nitrogen and oxygen atoms in total. The standard InChI is InChI=1S/C17H21N3O3/c1-12(18-17(22)15-8-5-9-23-15)11-20-16(21)10-13-6-3-2-4-7-14(13)19-20/h5,8-10,12H,2-4,6-7,11H2,1H3,(H,18,22)/t12-/m1/s1. The van der Waals surface area contributed by atoms with E-state index in [1.807, 2.05) is 6.92 Å². The topological polar surface area (TPSA) is 77.1 Å². The van der Waals surface area contributed by atoms with Crippen molar-refractivity contribution in [3.05, 3.63) is 51.8 Å². The van der Waals surface area contributed by atoms with Gasteiger partial charge in [-0.1, -0.05) is 6.42 Å². The van der Waals surface area contributed by atoms with Crippen molar-refractivity contribution < 1.29 is 9.21 Å². The third kappa shape index (κ3) is 3.70. The summed E-state index contributed by atoms with van der Waals surface area (Å²) < 4.78 is 6.52. The number of furan rings is 1. The molecule has 0 unspecified atom stereocenters. The second kappa shape index (κ2) is 6.81. The number of hydrogen-bond acceptors (Lipinski definition) is 4. The van der Waals surface area contributed by atoms with E-state index in [1.165, 1.54) is 17.4 Å². The normalized spacial score (nSPS) is 15.5. The lowest BCUT2D eigenvalue weighted by Crippen LogP contribution is -2.39. The van der Waals surface area contributed by atoms with Gasteiger partial charge in [0.1, 0.15) is 0 Å². The highest BCUT2D eigenvalue weighted by Crippen LogP contribution is 2.16. The number of hydrogen-bond donors (Lipinski definition) is 1. The molecule has 2 aromatic rings.